The Kier molecular flexibility index (Phi) is 12.2. The second-order valence-electron chi connectivity index (χ2n) is 9.68. The van der Waals surface area contributed by atoms with Crippen LogP contribution in [0.25, 0.3) is 0 Å². The van der Waals surface area contributed by atoms with Crippen molar-refractivity contribution >= 4 is 27.5 Å². The zero-order valence-corrected chi connectivity index (χ0v) is 26.2. The molecular weight excluding hydrogens is 570 g/mol. The molecule has 3 aromatic carbocycles. The summed E-state index contributed by atoms with van der Waals surface area (Å²) >= 11 is 0. The van der Waals surface area contributed by atoms with Crippen LogP contribution in [0.15, 0.2) is 77.7 Å². The monoisotopic (exact) mass is 611 g/mol. The molecule has 10 nitrogen and oxygen atoms in total. The lowest BCUT2D eigenvalue weighted by Crippen LogP contribution is -2.52. The number of hydrogen-bond acceptors (Lipinski definition) is 7. The second kappa shape index (κ2) is 15.8. The Labute approximate surface area is 254 Å². The van der Waals surface area contributed by atoms with Crippen LogP contribution in [0.3, 0.4) is 0 Å². The molecule has 0 aliphatic heterocycles. The minimum Gasteiger partial charge on any atom is -0.494 e. The third-order valence-electron chi connectivity index (χ3n) is 6.79. The molecule has 2 amide bonds. The number of carbonyl (C=O) groups excluding carboxylic acids is 2. The molecule has 0 spiro atoms. The van der Waals surface area contributed by atoms with Crippen molar-refractivity contribution in [2.24, 2.45) is 0 Å². The molecule has 3 rings (SSSR count). The van der Waals surface area contributed by atoms with Gasteiger partial charge in [-0.3, -0.25) is 13.9 Å². The zero-order valence-electron chi connectivity index (χ0n) is 25.4. The van der Waals surface area contributed by atoms with E-state index < -0.39 is 28.5 Å². The second-order valence-corrected chi connectivity index (χ2v) is 11.5. The molecule has 232 valence electrons. The molecular formula is C32H41N3O7S. The number of nitrogens with zero attached hydrogens (tertiary/aromatic N) is 2. The number of sulfonamides is 1. The third-order valence-corrected chi connectivity index (χ3v) is 8.56. The van der Waals surface area contributed by atoms with E-state index in [9.17, 15) is 18.0 Å². The lowest BCUT2D eigenvalue weighted by molar-refractivity contribution is -0.140. The van der Waals surface area contributed by atoms with Gasteiger partial charge in [-0.2, -0.15) is 0 Å². The number of methoxy groups -OCH3 is 2. The first-order chi connectivity index (χ1) is 20.7. The molecule has 43 heavy (non-hydrogen) atoms. The quantitative estimate of drug-likeness (QED) is 0.251. The highest BCUT2D eigenvalue weighted by Crippen LogP contribution is 2.33. The molecule has 1 atom stereocenters. The smallest absolute Gasteiger partial charge is 0.264 e. The fourth-order valence-electron chi connectivity index (χ4n) is 4.57. The number of nitrogens with one attached hydrogen (secondary N) is 1. The van der Waals surface area contributed by atoms with Crippen molar-refractivity contribution in [3.63, 3.8) is 0 Å². The summed E-state index contributed by atoms with van der Waals surface area (Å²) in [6, 6.07) is 19.2. The van der Waals surface area contributed by atoms with Crippen LogP contribution >= 0.6 is 0 Å². The predicted octanol–water partition coefficient (Wildman–Crippen LogP) is 4.63. The highest BCUT2D eigenvalue weighted by Gasteiger charge is 2.34. The number of anilines is 1. The number of amides is 2. The molecule has 0 saturated carbocycles. The summed E-state index contributed by atoms with van der Waals surface area (Å²) in [6.07, 6.45) is 1.09. The molecule has 0 bridgehead atoms. The summed E-state index contributed by atoms with van der Waals surface area (Å²) in [7, 11) is -1.42. The van der Waals surface area contributed by atoms with Gasteiger partial charge >= 0.3 is 0 Å². The van der Waals surface area contributed by atoms with Gasteiger partial charge in [0.1, 0.15) is 18.3 Å². The Morgan fingerprint density at radius 2 is 1.56 bits per heavy atom. The molecule has 0 heterocycles. The van der Waals surface area contributed by atoms with E-state index in [4.69, 9.17) is 14.2 Å². The first-order valence-electron chi connectivity index (χ1n) is 14.3. The number of carbonyl (C=O) groups is 2. The van der Waals surface area contributed by atoms with Gasteiger partial charge in [-0.1, -0.05) is 44.2 Å². The third kappa shape index (κ3) is 8.41. The van der Waals surface area contributed by atoms with Crippen molar-refractivity contribution in [1.29, 1.82) is 0 Å². The maximum atomic E-state index is 14.2. The SMILES string of the molecule is CCCNC(=O)[C@H](CC)N(Cc1ccccc1)C(=O)CN(c1ccc(OCC)cc1)S(=O)(=O)c1ccc(OC)c(OC)c1. The van der Waals surface area contributed by atoms with Gasteiger partial charge in [-0.15, -0.1) is 0 Å². The van der Waals surface area contributed by atoms with E-state index in [0.717, 1.165) is 16.3 Å². The van der Waals surface area contributed by atoms with Crippen LogP contribution in [0.4, 0.5) is 5.69 Å². The standard InChI is InChI=1S/C32H41N3O7S/c1-6-20-33-32(37)28(7-2)34(22-24-12-10-9-11-13-24)31(36)23-35(25-14-16-26(17-15-25)42-8-3)43(38,39)27-18-19-29(40-4)30(21-27)41-5/h9-19,21,28H,6-8,20,22-23H2,1-5H3,(H,33,37)/t28-/m0/s1. The van der Waals surface area contributed by atoms with E-state index in [1.54, 1.807) is 24.3 Å². The van der Waals surface area contributed by atoms with Crippen LogP contribution in [0.1, 0.15) is 39.2 Å². The average molecular weight is 612 g/mol. The number of hydrogen-bond donors (Lipinski definition) is 1. The summed E-state index contributed by atoms with van der Waals surface area (Å²) in [4.78, 5) is 28.7. The van der Waals surface area contributed by atoms with Crippen molar-refractivity contribution in [3.8, 4) is 17.2 Å². The largest absolute Gasteiger partial charge is 0.494 e. The van der Waals surface area contributed by atoms with Crippen molar-refractivity contribution < 1.29 is 32.2 Å². The normalized spacial score (nSPS) is 11.7. The minimum atomic E-state index is -4.30. The maximum Gasteiger partial charge on any atom is 0.264 e. The molecule has 1 N–H and O–H groups in total. The first kappa shape index (κ1) is 33.3. The highest BCUT2D eigenvalue weighted by atomic mass is 32.2. The van der Waals surface area contributed by atoms with E-state index in [1.807, 2.05) is 51.1 Å². The van der Waals surface area contributed by atoms with Crippen LogP contribution < -0.4 is 23.8 Å². The Bertz CT molecular complexity index is 1450. The molecule has 0 unspecified atom stereocenters. The van der Waals surface area contributed by atoms with Gasteiger partial charge in [0.25, 0.3) is 10.0 Å². The lowest BCUT2D eigenvalue weighted by atomic mass is 10.1. The number of benzene rings is 3. The fraction of sp³-hybridized carbons (Fsp3) is 0.375. The topological polar surface area (TPSA) is 114 Å². The van der Waals surface area contributed by atoms with Crippen molar-refractivity contribution in [2.75, 3.05) is 38.2 Å². The predicted molar refractivity (Wildman–Crippen MR) is 166 cm³/mol. The molecule has 0 saturated heterocycles. The fourth-order valence-corrected chi connectivity index (χ4v) is 6.00. The summed E-state index contributed by atoms with van der Waals surface area (Å²) < 4.78 is 45.6. The van der Waals surface area contributed by atoms with Gasteiger partial charge in [0.05, 0.1) is 31.4 Å². The van der Waals surface area contributed by atoms with Crippen LogP contribution in [-0.4, -0.2) is 65.1 Å². The number of ether oxygens (including phenoxy) is 3. The minimum absolute atomic E-state index is 0.0887. The van der Waals surface area contributed by atoms with Crippen LogP contribution in [0, 0.1) is 0 Å². The Balaban J connectivity index is 2.09. The molecule has 0 aliphatic rings. The van der Waals surface area contributed by atoms with Crippen molar-refractivity contribution in [2.45, 2.75) is 51.1 Å². The summed E-state index contributed by atoms with van der Waals surface area (Å²) in [5.41, 5.74) is 1.07. The van der Waals surface area contributed by atoms with Gasteiger partial charge in [0, 0.05) is 19.2 Å². The van der Waals surface area contributed by atoms with E-state index in [-0.39, 0.29) is 28.8 Å². The molecule has 0 aromatic heterocycles. The van der Waals surface area contributed by atoms with Gasteiger partial charge in [-0.25, -0.2) is 8.42 Å². The lowest BCUT2D eigenvalue weighted by Gasteiger charge is -2.33. The maximum absolute atomic E-state index is 14.2. The van der Waals surface area contributed by atoms with E-state index in [1.165, 1.54) is 37.3 Å². The average Bonchev–Trinajstić information content (AvgIpc) is 3.03. The van der Waals surface area contributed by atoms with Gasteiger partial charge in [0.15, 0.2) is 11.5 Å². The zero-order chi connectivity index (χ0) is 31.4. The Morgan fingerprint density at radius 3 is 2.14 bits per heavy atom. The van der Waals surface area contributed by atoms with E-state index in [0.29, 0.717) is 31.1 Å². The van der Waals surface area contributed by atoms with Crippen LogP contribution in [-0.2, 0) is 26.2 Å². The Hall–Kier alpha value is -4.25. The molecule has 11 heteroatoms. The van der Waals surface area contributed by atoms with Gasteiger partial charge in [-0.05, 0) is 61.7 Å². The van der Waals surface area contributed by atoms with Gasteiger partial charge in [0.2, 0.25) is 11.8 Å². The van der Waals surface area contributed by atoms with Crippen molar-refractivity contribution in [1.82, 2.24) is 10.2 Å². The highest BCUT2D eigenvalue weighted by molar-refractivity contribution is 7.92. The molecule has 0 radical (unpaired) electrons. The summed E-state index contributed by atoms with van der Waals surface area (Å²) in [5.74, 6) is 0.337. The van der Waals surface area contributed by atoms with Crippen LogP contribution in [0.5, 0.6) is 17.2 Å². The molecule has 0 aliphatic carbocycles. The summed E-state index contributed by atoms with van der Waals surface area (Å²) in [6.45, 7) is 6.11. The van der Waals surface area contributed by atoms with E-state index >= 15 is 0 Å². The summed E-state index contributed by atoms with van der Waals surface area (Å²) in [5, 5.41) is 2.88. The Morgan fingerprint density at radius 1 is 0.884 bits per heavy atom. The van der Waals surface area contributed by atoms with Gasteiger partial charge < -0.3 is 24.4 Å². The van der Waals surface area contributed by atoms with E-state index in [2.05, 4.69) is 5.32 Å². The van der Waals surface area contributed by atoms with Crippen molar-refractivity contribution in [3.05, 3.63) is 78.4 Å². The molecule has 0 fully saturated rings. The number of rotatable bonds is 16. The van der Waals surface area contributed by atoms with Crippen LogP contribution in [0.2, 0.25) is 0 Å². The molecule has 3 aromatic rings. The first-order valence-corrected chi connectivity index (χ1v) is 15.7.